The number of benzene rings is 6. The van der Waals surface area contributed by atoms with Crippen LogP contribution < -0.4 is 30.3 Å². The van der Waals surface area contributed by atoms with Gasteiger partial charge in [-0.25, -0.2) is 0 Å². The summed E-state index contributed by atoms with van der Waals surface area (Å²) in [4.78, 5) is 90.4. The summed E-state index contributed by atoms with van der Waals surface area (Å²) >= 11 is 0.543. The van der Waals surface area contributed by atoms with Gasteiger partial charge in [0.25, 0.3) is 0 Å². The fraction of sp³-hybridized carbons (Fsp3) is 0.0962. The molecule has 9 rings (SSSR count). The number of allylic oxidation sites excluding steroid dienone is 5. The van der Waals surface area contributed by atoms with Crippen LogP contribution >= 0.6 is 0 Å². The normalized spacial score (nSPS) is 14.2. The molecule has 68 heavy (non-hydrogen) atoms. The zero-order valence-electron chi connectivity index (χ0n) is 36.7. The van der Waals surface area contributed by atoms with Crippen LogP contribution in [0.2, 0.25) is 0 Å². The molecule has 0 bridgehead atoms. The van der Waals surface area contributed by atoms with Crippen LogP contribution in [-0.2, 0) is 23.7 Å². The van der Waals surface area contributed by atoms with Gasteiger partial charge in [-0.05, 0) is 67.2 Å². The van der Waals surface area contributed by atoms with Gasteiger partial charge in [-0.15, -0.1) is 0 Å². The van der Waals surface area contributed by atoms with Crippen LogP contribution in [0.3, 0.4) is 0 Å². The van der Waals surface area contributed by atoms with Gasteiger partial charge in [0.2, 0.25) is 0 Å². The summed E-state index contributed by atoms with van der Waals surface area (Å²) in [5.74, 6) is -2.53. The molecule has 0 radical (unpaired) electrons. The molecular formula is C52H42FeN4O11. The van der Waals surface area contributed by atoms with Gasteiger partial charge in [0.15, 0.2) is 0 Å². The van der Waals surface area contributed by atoms with Gasteiger partial charge in [0, 0.05) is 10.8 Å². The summed E-state index contributed by atoms with van der Waals surface area (Å²) in [5.41, 5.74) is 6.95. The van der Waals surface area contributed by atoms with E-state index < -0.39 is 35.7 Å². The van der Waals surface area contributed by atoms with Crippen molar-refractivity contribution in [1.82, 2.24) is 5.32 Å². The van der Waals surface area contributed by atoms with Gasteiger partial charge in [0.1, 0.15) is 17.8 Å². The molecular weight excluding hydrogens is 912 g/mol. The van der Waals surface area contributed by atoms with Crippen molar-refractivity contribution in [1.29, 1.82) is 0 Å². The molecule has 1 fully saturated rings. The van der Waals surface area contributed by atoms with Crippen molar-refractivity contribution in [3.63, 3.8) is 0 Å². The third-order valence-electron chi connectivity index (χ3n) is 10.3. The first-order chi connectivity index (χ1) is 32.8. The van der Waals surface area contributed by atoms with Crippen molar-refractivity contribution in [2.24, 2.45) is 5.73 Å². The number of phenolic OH excluding ortho intramolecular Hbond substituents is 2. The quantitative estimate of drug-likeness (QED) is 0.0212. The second-order valence-corrected chi connectivity index (χ2v) is 16.7. The van der Waals surface area contributed by atoms with E-state index in [1.165, 1.54) is 92.0 Å². The van der Waals surface area contributed by atoms with Crippen molar-refractivity contribution >= 4 is 83.7 Å². The number of phenols is 2. The Kier molecular flexibility index (Phi) is 14.5. The predicted octanol–water partition coefficient (Wildman–Crippen LogP) is 7.37. The molecule has 3 aliphatic rings. The van der Waals surface area contributed by atoms with Crippen LogP contribution in [0.15, 0.2) is 145 Å². The second kappa shape index (κ2) is 20.8. The van der Waals surface area contributed by atoms with Crippen LogP contribution in [0.25, 0.3) is 21.5 Å². The molecule has 2 aliphatic heterocycles. The molecule has 0 spiro atoms. The van der Waals surface area contributed by atoms with Gasteiger partial charge in [-0.2, -0.15) is 0 Å². The molecule has 15 nitrogen and oxygen atoms in total. The summed E-state index contributed by atoms with van der Waals surface area (Å²) in [6, 6.07) is 27.7. The molecule has 1 saturated carbocycles. The van der Waals surface area contributed by atoms with Crippen molar-refractivity contribution in [2.45, 2.75) is 20.3 Å². The number of carbonyl (C=O) groups is 7. The van der Waals surface area contributed by atoms with Crippen LogP contribution in [0.1, 0.15) is 61.7 Å². The number of aldehydes is 1. The molecule has 2 heterocycles. The third-order valence-corrected chi connectivity index (χ3v) is 11.9. The predicted molar refractivity (Wildman–Crippen MR) is 255 cm³/mol. The topological polar surface area (TPSA) is 223 Å². The Morgan fingerprint density at radius 2 is 1.16 bits per heavy atom. The number of anilines is 2. The van der Waals surface area contributed by atoms with E-state index >= 15 is 0 Å². The summed E-state index contributed by atoms with van der Waals surface area (Å²) in [6.07, 6.45) is 8.84. The summed E-state index contributed by atoms with van der Waals surface area (Å²) in [6.45, 7) is 3.97. The molecule has 6 aromatic carbocycles. The summed E-state index contributed by atoms with van der Waals surface area (Å²) in [7, 11) is 1.50. The molecule has 16 heteroatoms. The standard InChI is InChI=1S/C23H13NO5.C22H16N2O5.C6H8O.CH5N.Fe/c25-16-11-14-2-1-3-18-21(14)19(12-16)23(28)24(22(18)27)15-6-8-17(9-7-15)29-20(26)10-13-4-5-13;1-2-10-23-22(28)29-16-8-6-14(7-9-16)24-20(26)17-5-3-4-13-11-15(25)12-18(19(13)17)21(24)27;1-2-3-4-5-6-7;1-2;/h1-3,6-12,25H,4H2;3-9,11-12,25H,10H2,1H3,(H,23,28);2-6H,1H3;2H2,1H3;/b13-10+;;3-2+,5-4+;;. The Morgan fingerprint density at radius 3 is 1.65 bits per heavy atom. The number of hydrogen-bond acceptors (Lipinski definition) is 12. The number of nitrogens with one attached hydrogen (secondary N) is 1. The average Bonchev–Trinajstić information content (AvgIpc) is 4.06. The van der Waals surface area contributed by atoms with Crippen molar-refractivity contribution < 1.29 is 67.3 Å². The first kappa shape index (κ1) is 47.5. The van der Waals surface area contributed by atoms with E-state index in [9.17, 15) is 43.8 Å². The SMILES string of the molecule is C/C=C/C=C/C=O.CN.C[C](CNC(=O)Oc1ccc(N2C(=O)c3cccc4cc(O)cc(c34)C2=O)cc1)=[Fe]=[C]1C/C1=C\C(=O)Oc1ccc(N2C(=O)c3cccc4cc(O)cc(c34)C2=O)cc1. The number of aromatic hydroxyl groups is 2. The number of nitrogens with zero attached hydrogens (tertiary/aromatic N) is 2. The van der Waals surface area contributed by atoms with E-state index in [0.717, 1.165) is 30.5 Å². The zero-order valence-corrected chi connectivity index (χ0v) is 37.8. The molecule has 0 aromatic heterocycles. The molecule has 5 N–H and O–H groups in total. The van der Waals surface area contributed by atoms with E-state index in [1.54, 1.807) is 48.6 Å². The fourth-order valence-electron chi connectivity index (χ4n) is 7.37. The third kappa shape index (κ3) is 10.2. The molecule has 0 unspecified atom stereocenters. The number of amides is 5. The number of imide groups is 2. The van der Waals surface area contributed by atoms with Crippen LogP contribution in [-0.4, -0.2) is 74.6 Å². The number of carbonyl (C=O) groups excluding carboxylic acids is 7. The van der Waals surface area contributed by atoms with Crippen LogP contribution in [0.5, 0.6) is 23.0 Å². The monoisotopic (exact) mass is 954 g/mol. The Morgan fingerprint density at radius 1 is 0.676 bits per heavy atom. The van der Waals surface area contributed by atoms with Crippen molar-refractivity contribution in [2.75, 3.05) is 23.4 Å². The Balaban J connectivity index is 0.000000699. The van der Waals surface area contributed by atoms with E-state index in [0.29, 0.717) is 53.2 Å². The zero-order chi connectivity index (χ0) is 48.6. The molecule has 344 valence electrons. The maximum atomic E-state index is 13.4. The van der Waals surface area contributed by atoms with Crippen molar-refractivity contribution in [3.8, 4) is 23.0 Å². The number of hydrogen-bond donors (Lipinski definition) is 4. The van der Waals surface area contributed by atoms with Crippen LogP contribution in [0.4, 0.5) is 16.2 Å². The maximum absolute atomic E-state index is 13.4. The van der Waals surface area contributed by atoms with Gasteiger partial charge in [0.05, 0.1) is 0 Å². The van der Waals surface area contributed by atoms with E-state index in [4.69, 9.17) is 9.47 Å². The summed E-state index contributed by atoms with van der Waals surface area (Å²) < 4.78 is 12.8. The first-order valence-corrected chi connectivity index (χ1v) is 21.9. The summed E-state index contributed by atoms with van der Waals surface area (Å²) in [5, 5.41) is 25.2. The second-order valence-electron chi connectivity index (χ2n) is 14.9. The number of esters is 1. The molecule has 5 amide bonds. The number of nitrogens with two attached hydrogens (primary N) is 1. The van der Waals surface area contributed by atoms with E-state index in [-0.39, 0.29) is 52.0 Å². The molecule has 1 aliphatic carbocycles. The van der Waals surface area contributed by atoms with E-state index in [2.05, 4.69) is 11.1 Å². The molecule has 0 saturated heterocycles. The number of ether oxygens (including phenoxy) is 2. The number of rotatable bonds is 9. The first-order valence-electron chi connectivity index (χ1n) is 20.8. The Hall–Kier alpha value is -8.43. The average molecular weight is 955 g/mol. The van der Waals surface area contributed by atoms with E-state index in [1.807, 2.05) is 19.9 Å². The van der Waals surface area contributed by atoms with Gasteiger partial charge < -0.3 is 15.9 Å². The Bertz CT molecular complexity index is 3240. The van der Waals surface area contributed by atoms with Crippen molar-refractivity contribution in [3.05, 3.63) is 167 Å². The minimum atomic E-state index is -0.708. The molecule has 0 atom stereocenters. The van der Waals surface area contributed by atoms with Gasteiger partial charge in [-0.1, -0.05) is 42.5 Å². The fourth-order valence-corrected chi connectivity index (χ4v) is 8.70. The van der Waals surface area contributed by atoms with Gasteiger partial charge in [-0.3, -0.25) is 4.79 Å². The van der Waals surface area contributed by atoms with Crippen LogP contribution in [0, 0.1) is 0 Å². The minimum absolute atomic E-state index is 0.0881. The van der Waals surface area contributed by atoms with Gasteiger partial charge >= 0.3 is 237 Å². The Labute approximate surface area is 394 Å². The molecule has 6 aromatic rings.